The molecule has 4 nitrogen and oxygen atoms in total. The minimum atomic E-state index is -1.27. The molecule has 2 aromatic rings. The van der Waals surface area contributed by atoms with Gasteiger partial charge in [0.15, 0.2) is 0 Å². The van der Waals surface area contributed by atoms with E-state index in [1.54, 1.807) is 13.0 Å². The molecule has 1 aromatic heterocycles. The SMILES string of the molecule is Cc1coc(SCc2cccc(C(=O)O)c2F)n1. The Labute approximate surface area is 107 Å². The normalized spacial score (nSPS) is 10.6. The lowest BCUT2D eigenvalue weighted by Crippen LogP contribution is -2.02. The van der Waals surface area contributed by atoms with Gasteiger partial charge >= 0.3 is 5.97 Å². The van der Waals surface area contributed by atoms with Crippen molar-refractivity contribution in [1.82, 2.24) is 4.98 Å². The molecular weight excluding hydrogens is 257 g/mol. The van der Waals surface area contributed by atoms with Crippen molar-refractivity contribution >= 4 is 17.7 Å². The average Bonchev–Trinajstić information content (AvgIpc) is 2.73. The van der Waals surface area contributed by atoms with Crippen molar-refractivity contribution < 1.29 is 18.7 Å². The van der Waals surface area contributed by atoms with E-state index in [2.05, 4.69) is 4.98 Å². The molecule has 1 aromatic carbocycles. The van der Waals surface area contributed by atoms with Gasteiger partial charge in [-0.25, -0.2) is 14.2 Å². The summed E-state index contributed by atoms with van der Waals surface area (Å²) in [6.45, 7) is 1.79. The second kappa shape index (κ2) is 5.22. The lowest BCUT2D eigenvalue weighted by Gasteiger charge is -2.03. The summed E-state index contributed by atoms with van der Waals surface area (Å²) in [5.41, 5.74) is 0.740. The third-order valence-corrected chi connectivity index (χ3v) is 3.15. The van der Waals surface area contributed by atoms with Crippen LogP contribution in [0.4, 0.5) is 4.39 Å². The first kappa shape index (κ1) is 12.6. The van der Waals surface area contributed by atoms with Gasteiger partial charge < -0.3 is 9.52 Å². The van der Waals surface area contributed by atoms with E-state index >= 15 is 0 Å². The van der Waals surface area contributed by atoms with Crippen molar-refractivity contribution in [1.29, 1.82) is 0 Å². The van der Waals surface area contributed by atoms with E-state index in [1.807, 2.05) is 0 Å². The van der Waals surface area contributed by atoms with Crippen LogP contribution >= 0.6 is 11.8 Å². The van der Waals surface area contributed by atoms with Crippen molar-refractivity contribution in [2.24, 2.45) is 0 Å². The number of thioether (sulfide) groups is 1. The van der Waals surface area contributed by atoms with E-state index in [0.29, 0.717) is 10.8 Å². The van der Waals surface area contributed by atoms with Crippen LogP contribution in [0.25, 0.3) is 0 Å². The van der Waals surface area contributed by atoms with E-state index in [9.17, 15) is 9.18 Å². The van der Waals surface area contributed by atoms with Crippen LogP contribution in [0.3, 0.4) is 0 Å². The summed E-state index contributed by atoms with van der Waals surface area (Å²) in [5, 5.41) is 9.24. The Morgan fingerprint density at radius 2 is 2.33 bits per heavy atom. The van der Waals surface area contributed by atoms with Crippen molar-refractivity contribution in [3.05, 3.63) is 47.1 Å². The zero-order valence-electron chi connectivity index (χ0n) is 9.51. The first-order valence-corrected chi connectivity index (χ1v) is 6.12. The molecule has 0 atom stereocenters. The number of carboxylic acids is 1. The maximum absolute atomic E-state index is 13.8. The summed E-state index contributed by atoms with van der Waals surface area (Å²) < 4.78 is 18.9. The van der Waals surface area contributed by atoms with Gasteiger partial charge in [0.05, 0.1) is 11.3 Å². The molecule has 18 heavy (non-hydrogen) atoms. The number of halogens is 1. The molecule has 0 amide bonds. The van der Waals surface area contributed by atoms with Gasteiger partial charge in [-0.3, -0.25) is 0 Å². The Kier molecular flexibility index (Phi) is 3.66. The molecule has 0 saturated carbocycles. The third kappa shape index (κ3) is 2.70. The molecule has 94 valence electrons. The van der Waals surface area contributed by atoms with E-state index in [1.165, 1.54) is 30.2 Å². The highest BCUT2D eigenvalue weighted by Crippen LogP contribution is 2.24. The fourth-order valence-corrected chi connectivity index (χ4v) is 2.22. The Hall–Kier alpha value is -1.82. The Balaban J connectivity index is 2.14. The smallest absolute Gasteiger partial charge is 0.338 e. The van der Waals surface area contributed by atoms with E-state index in [0.717, 1.165) is 5.69 Å². The fraction of sp³-hybridized carbons (Fsp3) is 0.167. The highest BCUT2D eigenvalue weighted by molar-refractivity contribution is 7.98. The van der Waals surface area contributed by atoms with E-state index in [-0.39, 0.29) is 11.3 Å². The second-order valence-electron chi connectivity index (χ2n) is 3.63. The number of benzene rings is 1. The quantitative estimate of drug-likeness (QED) is 0.862. The van der Waals surface area contributed by atoms with Crippen molar-refractivity contribution in [2.75, 3.05) is 0 Å². The standard InChI is InChI=1S/C12H10FNO3S/c1-7-5-17-12(14-7)18-6-8-3-2-4-9(10(8)13)11(15)16/h2-5H,6H2,1H3,(H,15,16). The number of hydrogen-bond acceptors (Lipinski definition) is 4. The number of rotatable bonds is 4. The van der Waals surface area contributed by atoms with Crippen LogP contribution < -0.4 is 0 Å². The molecular formula is C12H10FNO3S. The predicted octanol–water partition coefficient (Wildman–Crippen LogP) is 3.11. The molecule has 0 bridgehead atoms. The predicted molar refractivity (Wildman–Crippen MR) is 64.2 cm³/mol. The maximum Gasteiger partial charge on any atom is 0.338 e. The van der Waals surface area contributed by atoms with E-state index < -0.39 is 11.8 Å². The van der Waals surface area contributed by atoms with Gasteiger partial charge in [-0.1, -0.05) is 23.9 Å². The van der Waals surface area contributed by atoms with Crippen molar-refractivity contribution in [2.45, 2.75) is 17.9 Å². The lowest BCUT2D eigenvalue weighted by atomic mass is 10.1. The van der Waals surface area contributed by atoms with Crippen molar-refractivity contribution in [3.8, 4) is 0 Å². The van der Waals surface area contributed by atoms with Crippen LogP contribution in [-0.2, 0) is 5.75 Å². The molecule has 0 radical (unpaired) electrons. The van der Waals surface area contributed by atoms with Crippen LogP contribution in [0.5, 0.6) is 0 Å². The molecule has 0 fully saturated rings. The molecule has 0 unspecified atom stereocenters. The lowest BCUT2D eigenvalue weighted by molar-refractivity contribution is 0.0691. The first-order valence-electron chi connectivity index (χ1n) is 5.13. The highest BCUT2D eigenvalue weighted by atomic mass is 32.2. The second-order valence-corrected chi connectivity index (χ2v) is 4.55. The number of aromatic carboxylic acids is 1. The van der Waals surface area contributed by atoms with Crippen molar-refractivity contribution in [3.63, 3.8) is 0 Å². The highest BCUT2D eigenvalue weighted by Gasteiger charge is 2.14. The van der Waals surface area contributed by atoms with Gasteiger partial charge in [0.2, 0.25) is 0 Å². The number of carbonyl (C=O) groups is 1. The Bertz CT molecular complexity index is 582. The molecule has 0 saturated heterocycles. The minimum absolute atomic E-state index is 0.271. The topological polar surface area (TPSA) is 63.3 Å². The number of hydrogen-bond donors (Lipinski definition) is 1. The van der Waals surface area contributed by atoms with Gasteiger partial charge in [0, 0.05) is 5.75 Å². The molecule has 0 aliphatic rings. The molecule has 6 heteroatoms. The average molecular weight is 267 g/mol. The molecule has 0 aliphatic heterocycles. The van der Waals surface area contributed by atoms with Gasteiger partial charge in [-0.05, 0) is 18.6 Å². The zero-order chi connectivity index (χ0) is 13.1. The Morgan fingerprint density at radius 1 is 1.56 bits per heavy atom. The maximum atomic E-state index is 13.8. The van der Waals surface area contributed by atoms with Gasteiger partial charge in [0.1, 0.15) is 12.1 Å². The van der Waals surface area contributed by atoms with Crippen LogP contribution in [0.2, 0.25) is 0 Å². The van der Waals surface area contributed by atoms with Crippen LogP contribution in [0.15, 0.2) is 34.1 Å². The van der Waals surface area contributed by atoms with Gasteiger partial charge in [0.25, 0.3) is 5.22 Å². The Morgan fingerprint density at radius 3 is 2.94 bits per heavy atom. The summed E-state index contributed by atoms with van der Waals surface area (Å²) >= 11 is 1.22. The summed E-state index contributed by atoms with van der Waals surface area (Å²) in [5.74, 6) is -1.71. The molecule has 0 spiro atoms. The number of aromatic nitrogens is 1. The molecule has 1 heterocycles. The van der Waals surface area contributed by atoms with Crippen LogP contribution in [0, 0.1) is 12.7 Å². The van der Waals surface area contributed by atoms with E-state index in [4.69, 9.17) is 9.52 Å². The molecule has 0 aliphatic carbocycles. The summed E-state index contributed by atoms with van der Waals surface area (Å²) in [6, 6.07) is 4.30. The molecule has 1 N–H and O–H groups in total. The number of oxazole rings is 1. The third-order valence-electron chi connectivity index (χ3n) is 2.26. The number of nitrogens with zero attached hydrogens (tertiary/aromatic N) is 1. The zero-order valence-corrected chi connectivity index (χ0v) is 10.3. The van der Waals surface area contributed by atoms with Gasteiger partial charge in [-0.2, -0.15) is 0 Å². The number of aryl methyl sites for hydroxylation is 1. The summed E-state index contributed by atoms with van der Waals surface area (Å²) in [4.78, 5) is 14.8. The molecule has 2 rings (SSSR count). The van der Waals surface area contributed by atoms with Gasteiger partial charge in [-0.15, -0.1) is 0 Å². The number of carboxylic acid groups (broad SMARTS) is 1. The van der Waals surface area contributed by atoms with Crippen LogP contribution in [0.1, 0.15) is 21.6 Å². The summed E-state index contributed by atoms with van der Waals surface area (Å²) in [6.07, 6.45) is 1.51. The first-order chi connectivity index (χ1) is 8.58. The van der Waals surface area contributed by atoms with Crippen LogP contribution in [-0.4, -0.2) is 16.1 Å². The largest absolute Gasteiger partial charge is 0.478 e. The monoisotopic (exact) mass is 267 g/mol. The minimum Gasteiger partial charge on any atom is -0.478 e. The summed E-state index contributed by atoms with van der Waals surface area (Å²) in [7, 11) is 0. The fourth-order valence-electron chi connectivity index (χ4n) is 1.39.